The van der Waals surface area contributed by atoms with Gasteiger partial charge in [-0.05, 0) is 30.2 Å². The topological polar surface area (TPSA) is 52.7 Å². The molecule has 3 aromatic carbocycles. The van der Waals surface area contributed by atoms with Crippen LogP contribution in [0.15, 0.2) is 60.7 Å². The molecule has 3 amide bonds. The van der Waals surface area contributed by atoms with E-state index >= 15 is 0 Å². The van der Waals surface area contributed by atoms with Crippen LogP contribution in [-0.4, -0.2) is 23.9 Å². The molecule has 33 heavy (non-hydrogen) atoms. The largest absolute Gasteiger partial charge is 0.348 e. The second-order valence-corrected chi connectivity index (χ2v) is 7.95. The fourth-order valence-electron chi connectivity index (χ4n) is 3.87. The Morgan fingerprint density at radius 2 is 1.67 bits per heavy atom. The monoisotopic (exact) mass is 453 g/mol. The lowest BCUT2D eigenvalue weighted by molar-refractivity contribution is 0.0950. The lowest BCUT2D eigenvalue weighted by Gasteiger charge is -2.39. The van der Waals surface area contributed by atoms with Gasteiger partial charge >= 0.3 is 6.03 Å². The molecule has 1 atom stereocenters. The van der Waals surface area contributed by atoms with Gasteiger partial charge in [-0.1, -0.05) is 36.4 Å². The van der Waals surface area contributed by atoms with Crippen molar-refractivity contribution in [3.05, 3.63) is 100 Å². The van der Waals surface area contributed by atoms with Crippen molar-refractivity contribution in [2.45, 2.75) is 26.1 Å². The number of hydrogen-bond acceptors (Lipinski definition) is 2. The average Bonchev–Trinajstić information content (AvgIpc) is 2.80. The fraction of sp³-hybridized carbons (Fsp3) is 0.200. The van der Waals surface area contributed by atoms with Gasteiger partial charge in [0.05, 0.1) is 18.3 Å². The van der Waals surface area contributed by atoms with Gasteiger partial charge in [-0.3, -0.25) is 9.69 Å². The Bertz CT molecular complexity index is 1190. The molecule has 0 bridgehead atoms. The summed E-state index contributed by atoms with van der Waals surface area (Å²) in [5.41, 5.74) is 2.21. The first kappa shape index (κ1) is 22.4. The molecule has 170 valence electrons. The number of fused-ring (bicyclic) bond motifs is 1. The average molecular weight is 453 g/mol. The zero-order chi connectivity index (χ0) is 23.7. The highest BCUT2D eigenvalue weighted by molar-refractivity contribution is 5.99. The minimum absolute atomic E-state index is 0.195. The molecule has 1 aliphatic rings. The highest BCUT2D eigenvalue weighted by Gasteiger charge is 2.33. The van der Waals surface area contributed by atoms with Crippen molar-refractivity contribution in [3.8, 4) is 0 Å². The Morgan fingerprint density at radius 3 is 2.33 bits per heavy atom. The van der Waals surface area contributed by atoms with E-state index in [0.29, 0.717) is 24.4 Å². The molecule has 0 saturated carbocycles. The Balaban J connectivity index is 1.61. The first-order valence-corrected chi connectivity index (χ1v) is 10.4. The van der Waals surface area contributed by atoms with E-state index in [1.165, 1.54) is 0 Å². The molecule has 4 rings (SSSR count). The normalized spacial score (nSPS) is 15.4. The van der Waals surface area contributed by atoms with Gasteiger partial charge in [0, 0.05) is 36.9 Å². The number of urea groups is 1. The maximum absolute atomic E-state index is 13.9. The van der Waals surface area contributed by atoms with Crippen molar-refractivity contribution in [1.82, 2.24) is 10.2 Å². The molecule has 0 saturated heterocycles. The second-order valence-electron chi connectivity index (χ2n) is 7.95. The Hall–Kier alpha value is -3.81. The first-order chi connectivity index (χ1) is 15.8. The molecule has 3 aromatic rings. The zero-order valence-corrected chi connectivity index (χ0v) is 18.1. The number of rotatable bonds is 5. The molecule has 5 nitrogen and oxygen atoms in total. The first-order valence-electron chi connectivity index (χ1n) is 10.4. The van der Waals surface area contributed by atoms with Crippen LogP contribution in [0.4, 0.5) is 23.7 Å². The molecular weight excluding hydrogens is 431 g/mol. The maximum atomic E-state index is 13.9. The van der Waals surface area contributed by atoms with Crippen LogP contribution in [0.2, 0.25) is 0 Å². The van der Waals surface area contributed by atoms with E-state index in [2.05, 4.69) is 5.32 Å². The van der Waals surface area contributed by atoms with Crippen molar-refractivity contribution < 1.29 is 22.8 Å². The minimum atomic E-state index is -1.07. The van der Waals surface area contributed by atoms with E-state index in [0.717, 1.165) is 11.1 Å². The third-order valence-electron chi connectivity index (χ3n) is 5.86. The lowest BCUT2D eigenvalue weighted by Crippen LogP contribution is -2.46. The second kappa shape index (κ2) is 8.97. The molecule has 0 aromatic heterocycles. The van der Waals surface area contributed by atoms with Gasteiger partial charge in [0.25, 0.3) is 5.91 Å². The third-order valence-corrected chi connectivity index (χ3v) is 5.86. The lowest BCUT2D eigenvalue weighted by atomic mass is 9.98. The van der Waals surface area contributed by atoms with E-state index < -0.39 is 35.5 Å². The van der Waals surface area contributed by atoms with Gasteiger partial charge < -0.3 is 10.2 Å². The molecular formula is C25H22F3N3O2. The van der Waals surface area contributed by atoms with Gasteiger partial charge in [0.15, 0.2) is 0 Å². The number of hydrogen-bond donors (Lipinski definition) is 1. The van der Waals surface area contributed by atoms with Crippen LogP contribution >= 0.6 is 0 Å². The SMILES string of the molecule is CC1c2ccc(C(=O)NCc3c(F)cc(F)cc3F)cc2N(Cc2ccccc2)C(=O)N1C. The molecule has 1 aliphatic heterocycles. The van der Waals surface area contributed by atoms with Gasteiger partial charge in [-0.15, -0.1) is 0 Å². The van der Waals surface area contributed by atoms with Crippen LogP contribution in [0, 0.1) is 17.5 Å². The Kier molecular flexibility index (Phi) is 6.09. The summed E-state index contributed by atoms with van der Waals surface area (Å²) in [4.78, 5) is 29.0. The summed E-state index contributed by atoms with van der Waals surface area (Å²) >= 11 is 0. The molecule has 0 radical (unpaired) electrons. The van der Waals surface area contributed by atoms with E-state index in [9.17, 15) is 22.8 Å². The summed E-state index contributed by atoms with van der Waals surface area (Å²) in [6, 6.07) is 15.2. The van der Waals surface area contributed by atoms with Crippen LogP contribution in [0.5, 0.6) is 0 Å². The van der Waals surface area contributed by atoms with E-state index in [-0.39, 0.29) is 17.6 Å². The van der Waals surface area contributed by atoms with Crippen LogP contribution in [0.3, 0.4) is 0 Å². The molecule has 8 heteroatoms. The van der Waals surface area contributed by atoms with Crippen LogP contribution in [0.1, 0.15) is 40.0 Å². The van der Waals surface area contributed by atoms with Gasteiger partial charge in [0.2, 0.25) is 0 Å². The number of carbonyl (C=O) groups is 2. The van der Waals surface area contributed by atoms with Gasteiger partial charge in [-0.2, -0.15) is 0 Å². The summed E-state index contributed by atoms with van der Waals surface area (Å²) in [6.07, 6.45) is 0. The molecule has 0 fully saturated rings. The highest BCUT2D eigenvalue weighted by atomic mass is 19.1. The fourth-order valence-corrected chi connectivity index (χ4v) is 3.87. The molecule has 1 heterocycles. The van der Waals surface area contributed by atoms with Crippen molar-refractivity contribution >= 4 is 17.6 Å². The number of anilines is 1. The number of benzene rings is 3. The Morgan fingerprint density at radius 1 is 1.00 bits per heavy atom. The number of halogens is 3. The smallest absolute Gasteiger partial charge is 0.325 e. The Labute approximate surface area is 189 Å². The van der Waals surface area contributed by atoms with E-state index in [1.54, 1.807) is 35.0 Å². The quantitative estimate of drug-likeness (QED) is 0.580. The van der Waals surface area contributed by atoms with Crippen molar-refractivity contribution in [1.29, 1.82) is 0 Å². The maximum Gasteiger partial charge on any atom is 0.325 e. The van der Waals surface area contributed by atoms with Gasteiger partial charge in [-0.25, -0.2) is 18.0 Å². The molecule has 0 spiro atoms. The van der Waals surface area contributed by atoms with Crippen LogP contribution in [-0.2, 0) is 13.1 Å². The van der Waals surface area contributed by atoms with Crippen LogP contribution in [0.25, 0.3) is 0 Å². The number of nitrogens with one attached hydrogen (secondary N) is 1. The summed E-state index contributed by atoms with van der Waals surface area (Å²) < 4.78 is 40.9. The standard InChI is InChI=1S/C25H22F3N3O2/c1-15-19-9-8-17(24(32)29-13-20-21(27)11-18(26)12-22(20)28)10-23(19)31(25(33)30(15)2)14-16-6-4-3-5-7-16/h3-12,15H,13-14H2,1-2H3,(H,29,32). The number of carbonyl (C=O) groups excluding carboxylic acids is 2. The highest BCUT2D eigenvalue weighted by Crippen LogP contribution is 2.37. The van der Waals surface area contributed by atoms with E-state index in [1.807, 2.05) is 37.3 Å². The predicted molar refractivity (Wildman–Crippen MR) is 118 cm³/mol. The molecule has 1 unspecified atom stereocenters. The van der Waals surface area contributed by atoms with Crippen LogP contribution < -0.4 is 10.2 Å². The molecule has 0 aliphatic carbocycles. The summed E-state index contributed by atoms with van der Waals surface area (Å²) in [5, 5.41) is 2.46. The van der Waals surface area contributed by atoms with Gasteiger partial charge in [0.1, 0.15) is 17.5 Å². The molecule has 1 N–H and O–H groups in total. The number of amides is 3. The number of nitrogens with zero attached hydrogens (tertiary/aromatic N) is 2. The third kappa shape index (κ3) is 4.41. The summed E-state index contributed by atoms with van der Waals surface area (Å²) in [5.74, 6) is -3.75. The van der Waals surface area contributed by atoms with E-state index in [4.69, 9.17) is 0 Å². The summed E-state index contributed by atoms with van der Waals surface area (Å²) in [6.45, 7) is 1.77. The zero-order valence-electron chi connectivity index (χ0n) is 18.1. The van der Waals surface area contributed by atoms with Crippen molar-refractivity contribution in [2.24, 2.45) is 0 Å². The van der Waals surface area contributed by atoms with Crippen molar-refractivity contribution in [2.75, 3.05) is 11.9 Å². The minimum Gasteiger partial charge on any atom is -0.348 e. The van der Waals surface area contributed by atoms with Crippen molar-refractivity contribution in [3.63, 3.8) is 0 Å². The summed E-state index contributed by atoms with van der Waals surface area (Å²) in [7, 11) is 1.72. The predicted octanol–water partition coefficient (Wildman–Crippen LogP) is 5.17.